The summed E-state index contributed by atoms with van der Waals surface area (Å²) in [7, 11) is -1.55. The van der Waals surface area contributed by atoms with Crippen LogP contribution < -0.4 is 10.6 Å². The summed E-state index contributed by atoms with van der Waals surface area (Å²) >= 11 is 0. The van der Waals surface area contributed by atoms with Gasteiger partial charge in [-0.2, -0.15) is 0 Å². The number of hydrogen-bond acceptors (Lipinski definition) is 3. The van der Waals surface area contributed by atoms with Crippen LogP contribution in [0.4, 0.5) is 4.39 Å². The molecule has 0 aliphatic carbocycles. The zero-order chi connectivity index (χ0) is 18.4. The number of nitrogens with zero attached hydrogens (tertiary/aromatic N) is 1. The first kappa shape index (κ1) is 18.9. The fourth-order valence-electron chi connectivity index (χ4n) is 2.43. The van der Waals surface area contributed by atoms with Crippen LogP contribution in [0.1, 0.15) is 16.7 Å². The van der Waals surface area contributed by atoms with Gasteiger partial charge in [0, 0.05) is 26.4 Å². The molecule has 0 aliphatic rings. The molecule has 7 heteroatoms. The van der Waals surface area contributed by atoms with Gasteiger partial charge in [0.05, 0.1) is 4.90 Å². The normalized spacial score (nSPS) is 12.1. The molecule has 0 saturated heterocycles. The maximum Gasteiger partial charge on any atom is 0.191 e. The molecule has 0 amide bonds. The van der Waals surface area contributed by atoms with Gasteiger partial charge in [-0.1, -0.05) is 24.3 Å². The quantitative estimate of drug-likeness (QED) is 0.632. The fraction of sp³-hybridized carbons (Fsp3) is 0.278. The average molecular weight is 363 g/mol. The van der Waals surface area contributed by atoms with Crippen LogP contribution in [0.3, 0.4) is 0 Å². The lowest BCUT2D eigenvalue weighted by atomic mass is 10.1. The van der Waals surface area contributed by atoms with Crippen LogP contribution >= 0.6 is 0 Å². The lowest BCUT2D eigenvalue weighted by Gasteiger charge is -2.13. The highest BCUT2D eigenvalue weighted by molar-refractivity contribution is 7.90. The predicted molar refractivity (Wildman–Crippen MR) is 97.7 cm³/mol. The van der Waals surface area contributed by atoms with E-state index in [4.69, 9.17) is 0 Å². The first-order valence-electron chi connectivity index (χ1n) is 7.78. The van der Waals surface area contributed by atoms with E-state index in [1.165, 1.54) is 18.4 Å². The maximum absolute atomic E-state index is 12.9. The zero-order valence-electron chi connectivity index (χ0n) is 14.5. The van der Waals surface area contributed by atoms with Gasteiger partial charge in [-0.3, -0.25) is 4.99 Å². The smallest absolute Gasteiger partial charge is 0.191 e. The molecular weight excluding hydrogens is 341 g/mol. The number of hydrogen-bond donors (Lipinski definition) is 2. The van der Waals surface area contributed by atoms with Crippen molar-refractivity contribution in [3.8, 4) is 0 Å². The highest BCUT2D eigenvalue weighted by atomic mass is 32.2. The van der Waals surface area contributed by atoms with Gasteiger partial charge in [0.1, 0.15) is 5.82 Å². The van der Waals surface area contributed by atoms with Crippen LogP contribution in [0, 0.1) is 12.7 Å². The summed E-state index contributed by atoms with van der Waals surface area (Å²) in [5.74, 6) is 0.341. The van der Waals surface area contributed by atoms with E-state index < -0.39 is 9.84 Å². The van der Waals surface area contributed by atoms with Crippen molar-refractivity contribution in [2.75, 3.05) is 13.3 Å². The number of benzene rings is 2. The number of aryl methyl sites for hydroxylation is 1. The molecule has 0 bridgehead atoms. The predicted octanol–water partition coefficient (Wildman–Crippen LogP) is 2.40. The zero-order valence-corrected chi connectivity index (χ0v) is 15.3. The minimum atomic E-state index is -3.21. The van der Waals surface area contributed by atoms with Gasteiger partial charge in [0.25, 0.3) is 0 Å². The van der Waals surface area contributed by atoms with Crippen LogP contribution in [0.15, 0.2) is 52.4 Å². The molecule has 0 heterocycles. The van der Waals surface area contributed by atoms with Crippen LogP contribution in [0.25, 0.3) is 0 Å². The van der Waals surface area contributed by atoms with Gasteiger partial charge in [-0.25, -0.2) is 12.8 Å². The van der Waals surface area contributed by atoms with Crippen LogP contribution in [-0.2, 0) is 22.9 Å². The Kier molecular flexibility index (Phi) is 6.14. The molecular formula is C18H22FN3O2S. The van der Waals surface area contributed by atoms with Crippen molar-refractivity contribution in [3.63, 3.8) is 0 Å². The molecule has 0 aromatic heterocycles. The molecule has 0 unspecified atom stereocenters. The molecule has 134 valence electrons. The third kappa shape index (κ3) is 5.56. The standard InChI is InChI=1S/C18H22FN3O2S/c1-13-10-15(6-9-17(13)25(3,23)24)12-22-18(20-2)21-11-14-4-7-16(19)8-5-14/h4-10H,11-12H2,1-3H3,(H2,20,21,22). The van der Waals surface area contributed by atoms with Crippen molar-refractivity contribution in [2.24, 2.45) is 4.99 Å². The largest absolute Gasteiger partial charge is 0.352 e. The van der Waals surface area contributed by atoms with E-state index >= 15 is 0 Å². The van der Waals surface area contributed by atoms with Gasteiger partial charge < -0.3 is 10.6 Å². The molecule has 25 heavy (non-hydrogen) atoms. The topological polar surface area (TPSA) is 70.6 Å². The van der Waals surface area contributed by atoms with E-state index in [0.29, 0.717) is 23.9 Å². The summed E-state index contributed by atoms with van der Waals surface area (Å²) in [6.45, 7) is 2.81. The minimum absolute atomic E-state index is 0.265. The Hall–Kier alpha value is -2.41. The summed E-state index contributed by atoms with van der Waals surface area (Å²) in [5.41, 5.74) is 2.61. The number of halogens is 1. The van der Waals surface area contributed by atoms with Gasteiger partial charge >= 0.3 is 0 Å². The SMILES string of the molecule is CN=C(NCc1ccc(F)cc1)NCc1ccc(S(C)(=O)=O)c(C)c1. The molecule has 2 aromatic carbocycles. The van der Waals surface area contributed by atoms with E-state index in [9.17, 15) is 12.8 Å². The van der Waals surface area contributed by atoms with E-state index in [-0.39, 0.29) is 5.82 Å². The lowest BCUT2D eigenvalue weighted by Crippen LogP contribution is -2.36. The van der Waals surface area contributed by atoms with Crippen molar-refractivity contribution in [1.82, 2.24) is 10.6 Å². The van der Waals surface area contributed by atoms with E-state index in [1.807, 2.05) is 6.07 Å². The summed E-state index contributed by atoms with van der Waals surface area (Å²) in [5, 5.41) is 6.31. The Morgan fingerprint density at radius 2 is 1.60 bits per heavy atom. The second-order valence-corrected chi connectivity index (χ2v) is 7.76. The molecule has 0 atom stereocenters. The van der Waals surface area contributed by atoms with E-state index in [2.05, 4.69) is 15.6 Å². The Labute approximate surface area is 147 Å². The van der Waals surface area contributed by atoms with Crippen molar-refractivity contribution < 1.29 is 12.8 Å². The second-order valence-electron chi connectivity index (χ2n) is 5.78. The van der Waals surface area contributed by atoms with Gasteiger partial charge in [-0.15, -0.1) is 0 Å². The van der Waals surface area contributed by atoms with Crippen LogP contribution in [0.2, 0.25) is 0 Å². The highest BCUT2D eigenvalue weighted by Gasteiger charge is 2.10. The Bertz CT molecular complexity index is 862. The fourth-order valence-corrected chi connectivity index (χ4v) is 3.39. The lowest BCUT2D eigenvalue weighted by molar-refractivity contribution is 0.601. The molecule has 2 N–H and O–H groups in total. The van der Waals surface area contributed by atoms with Crippen molar-refractivity contribution >= 4 is 15.8 Å². The first-order chi connectivity index (χ1) is 11.8. The summed E-state index contributed by atoms with van der Waals surface area (Å²) in [6, 6.07) is 11.5. The van der Waals surface area contributed by atoms with Gasteiger partial charge in [0.15, 0.2) is 15.8 Å². The monoisotopic (exact) mass is 363 g/mol. The Balaban J connectivity index is 1.94. The Morgan fingerprint density at radius 1 is 1.04 bits per heavy atom. The maximum atomic E-state index is 12.9. The third-order valence-electron chi connectivity index (χ3n) is 3.70. The summed E-state index contributed by atoms with van der Waals surface area (Å²) < 4.78 is 36.2. The molecule has 2 rings (SSSR count). The molecule has 5 nitrogen and oxygen atoms in total. The van der Waals surface area contributed by atoms with Crippen molar-refractivity contribution in [3.05, 3.63) is 65.0 Å². The number of nitrogens with one attached hydrogen (secondary N) is 2. The van der Waals surface area contributed by atoms with Crippen LogP contribution in [0.5, 0.6) is 0 Å². The van der Waals surface area contributed by atoms with Crippen molar-refractivity contribution in [2.45, 2.75) is 24.9 Å². The van der Waals surface area contributed by atoms with Crippen LogP contribution in [-0.4, -0.2) is 27.7 Å². The molecule has 0 spiro atoms. The second kappa shape index (κ2) is 8.11. The molecule has 0 fully saturated rings. The van der Waals surface area contributed by atoms with E-state index in [0.717, 1.165) is 16.7 Å². The Morgan fingerprint density at radius 3 is 2.12 bits per heavy atom. The molecule has 0 aliphatic heterocycles. The average Bonchev–Trinajstić information content (AvgIpc) is 2.55. The minimum Gasteiger partial charge on any atom is -0.352 e. The van der Waals surface area contributed by atoms with Crippen molar-refractivity contribution in [1.29, 1.82) is 0 Å². The number of sulfone groups is 1. The van der Waals surface area contributed by atoms with Gasteiger partial charge in [0.2, 0.25) is 0 Å². The highest BCUT2D eigenvalue weighted by Crippen LogP contribution is 2.16. The summed E-state index contributed by atoms with van der Waals surface area (Å²) in [6.07, 6.45) is 1.20. The molecule has 2 aromatic rings. The summed E-state index contributed by atoms with van der Waals surface area (Å²) in [4.78, 5) is 4.48. The number of guanidine groups is 1. The van der Waals surface area contributed by atoms with Gasteiger partial charge in [-0.05, 0) is 41.8 Å². The number of aliphatic imine (C=N–C) groups is 1. The molecule has 0 saturated carbocycles. The van der Waals surface area contributed by atoms with E-state index in [1.54, 1.807) is 38.2 Å². The molecule has 0 radical (unpaired) electrons. The first-order valence-corrected chi connectivity index (χ1v) is 9.67. The number of rotatable bonds is 5. The third-order valence-corrected chi connectivity index (χ3v) is 4.95.